The zero-order valence-corrected chi connectivity index (χ0v) is 7.93. The lowest BCUT2D eigenvalue weighted by atomic mass is 10.2. The van der Waals surface area contributed by atoms with Crippen LogP contribution < -0.4 is 0 Å². The molecule has 0 saturated carbocycles. The molecule has 0 aliphatic carbocycles. The molecule has 0 atom stereocenters. The van der Waals surface area contributed by atoms with E-state index in [1.165, 1.54) is 31.8 Å². The molecule has 0 aromatic rings. The van der Waals surface area contributed by atoms with Gasteiger partial charge in [0.15, 0.2) is 0 Å². The lowest BCUT2D eigenvalue weighted by Crippen LogP contribution is -2.42. The summed E-state index contributed by atoms with van der Waals surface area (Å²) in [5, 5.41) is 0. The van der Waals surface area contributed by atoms with Gasteiger partial charge in [0.1, 0.15) is 0 Å². The lowest BCUT2D eigenvalue weighted by molar-refractivity contribution is -0.510. The average molecular weight is 155 g/mol. The smallest absolute Gasteiger partial charge is 0.246 e. The Morgan fingerprint density at radius 1 is 1.45 bits per heavy atom. The number of rotatable bonds is 2. The Hall–Kier alpha value is -0.530. The SMILES string of the molecule is CCC1=[N+](C)CCCN1CC. The molecule has 0 saturated heterocycles. The third-order valence-electron chi connectivity index (χ3n) is 2.43. The fourth-order valence-corrected chi connectivity index (χ4v) is 1.83. The van der Waals surface area contributed by atoms with Crippen molar-refractivity contribution in [3.8, 4) is 0 Å². The highest BCUT2D eigenvalue weighted by atomic mass is 15.2. The Labute approximate surface area is 69.5 Å². The van der Waals surface area contributed by atoms with Crippen LogP contribution in [-0.2, 0) is 0 Å². The summed E-state index contributed by atoms with van der Waals surface area (Å²) in [6, 6.07) is 0. The summed E-state index contributed by atoms with van der Waals surface area (Å²) in [7, 11) is 2.20. The van der Waals surface area contributed by atoms with Gasteiger partial charge in [-0.2, -0.15) is 0 Å². The minimum Gasteiger partial charge on any atom is -0.268 e. The van der Waals surface area contributed by atoms with Gasteiger partial charge in [0.2, 0.25) is 5.84 Å². The Morgan fingerprint density at radius 2 is 2.18 bits per heavy atom. The van der Waals surface area contributed by atoms with Gasteiger partial charge in [0.25, 0.3) is 0 Å². The Morgan fingerprint density at radius 3 is 2.64 bits per heavy atom. The molecule has 0 unspecified atom stereocenters. The van der Waals surface area contributed by atoms with E-state index in [1.54, 1.807) is 0 Å². The molecule has 64 valence electrons. The summed E-state index contributed by atoms with van der Waals surface area (Å²) < 4.78 is 2.38. The van der Waals surface area contributed by atoms with Gasteiger partial charge in [-0.1, -0.05) is 6.92 Å². The predicted molar refractivity (Wildman–Crippen MR) is 48.2 cm³/mol. The van der Waals surface area contributed by atoms with Gasteiger partial charge in [-0.15, -0.1) is 0 Å². The van der Waals surface area contributed by atoms with Crippen molar-refractivity contribution in [2.24, 2.45) is 0 Å². The first-order valence-electron chi connectivity index (χ1n) is 4.61. The predicted octanol–water partition coefficient (Wildman–Crippen LogP) is 1.16. The van der Waals surface area contributed by atoms with Crippen LogP contribution in [0.25, 0.3) is 0 Å². The summed E-state index contributed by atoms with van der Waals surface area (Å²) in [6.07, 6.45) is 2.48. The van der Waals surface area contributed by atoms with Gasteiger partial charge in [0.05, 0.1) is 26.7 Å². The van der Waals surface area contributed by atoms with E-state index in [0.717, 1.165) is 6.54 Å². The highest BCUT2D eigenvalue weighted by molar-refractivity contribution is 5.77. The van der Waals surface area contributed by atoms with Gasteiger partial charge < -0.3 is 0 Å². The maximum absolute atomic E-state index is 2.48. The highest BCUT2D eigenvalue weighted by Gasteiger charge is 2.21. The molecular weight excluding hydrogens is 136 g/mol. The molecule has 1 rings (SSSR count). The van der Waals surface area contributed by atoms with E-state index in [1.807, 2.05) is 0 Å². The van der Waals surface area contributed by atoms with Crippen molar-refractivity contribution in [2.75, 3.05) is 26.7 Å². The van der Waals surface area contributed by atoms with Crippen molar-refractivity contribution < 1.29 is 4.58 Å². The third kappa shape index (κ3) is 1.73. The van der Waals surface area contributed by atoms with Crippen LogP contribution in [0.15, 0.2) is 0 Å². The van der Waals surface area contributed by atoms with Crippen LogP contribution in [-0.4, -0.2) is 42.0 Å². The van der Waals surface area contributed by atoms with E-state index in [9.17, 15) is 0 Å². The topological polar surface area (TPSA) is 6.25 Å². The van der Waals surface area contributed by atoms with E-state index in [2.05, 4.69) is 30.4 Å². The number of amidine groups is 1. The summed E-state index contributed by atoms with van der Waals surface area (Å²) in [5.41, 5.74) is 0. The normalized spacial score (nSPS) is 19.4. The second-order valence-corrected chi connectivity index (χ2v) is 3.12. The van der Waals surface area contributed by atoms with Crippen molar-refractivity contribution >= 4 is 5.84 Å². The molecule has 2 nitrogen and oxygen atoms in total. The molecule has 11 heavy (non-hydrogen) atoms. The molecule has 0 amide bonds. The number of hydrogen-bond acceptors (Lipinski definition) is 1. The van der Waals surface area contributed by atoms with Gasteiger partial charge >= 0.3 is 0 Å². The van der Waals surface area contributed by atoms with Crippen LogP contribution in [0.5, 0.6) is 0 Å². The van der Waals surface area contributed by atoms with Crippen LogP contribution in [0, 0.1) is 0 Å². The number of nitrogens with zero attached hydrogens (tertiary/aromatic N) is 2. The summed E-state index contributed by atoms with van der Waals surface area (Å²) >= 11 is 0. The van der Waals surface area contributed by atoms with E-state index >= 15 is 0 Å². The van der Waals surface area contributed by atoms with Crippen molar-refractivity contribution in [1.82, 2.24) is 4.90 Å². The molecule has 0 N–H and O–H groups in total. The molecule has 1 heterocycles. The minimum atomic E-state index is 1.16. The number of hydrogen-bond donors (Lipinski definition) is 0. The molecule has 2 heteroatoms. The molecule has 0 fully saturated rings. The quantitative estimate of drug-likeness (QED) is 0.542. The molecule has 0 aromatic heterocycles. The maximum Gasteiger partial charge on any atom is 0.246 e. The van der Waals surface area contributed by atoms with Crippen LogP contribution >= 0.6 is 0 Å². The molecule has 1 aliphatic heterocycles. The van der Waals surface area contributed by atoms with E-state index in [0.29, 0.717) is 0 Å². The standard InChI is InChI=1S/C9H19N2/c1-4-9-10(3)7-6-8-11(9)5-2/h4-8H2,1-3H3/q+1. The first-order valence-corrected chi connectivity index (χ1v) is 4.61. The Kier molecular flexibility index (Phi) is 2.92. The van der Waals surface area contributed by atoms with E-state index in [4.69, 9.17) is 0 Å². The van der Waals surface area contributed by atoms with Crippen LogP contribution in [0.3, 0.4) is 0 Å². The lowest BCUT2D eigenvalue weighted by Gasteiger charge is -2.23. The van der Waals surface area contributed by atoms with Crippen LogP contribution in [0.1, 0.15) is 26.7 Å². The first-order chi connectivity index (χ1) is 5.29. The maximum atomic E-state index is 2.48. The Balaban J connectivity index is 2.73. The van der Waals surface area contributed by atoms with E-state index in [-0.39, 0.29) is 0 Å². The van der Waals surface area contributed by atoms with Crippen molar-refractivity contribution in [2.45, 2.75) is 26.7 Å². The van der Waals surface area contributed by atoms with Gasteiger partial charge in [0, 0.05) is 12.8 Å². The fourth-order valence-electron chi connectivity index (χ4n) is 1.83. The van der Waals surface area contributed by atoms with Crippen molar-refractivity contribution in [3.05, 3.63) is 0 Å². The fraction of sp³-hybridized carbons (Fsp3) is 0.889. The molecule has 0 spiro atoms. The average Bonchev–Trinajstić information content (AvgIpc) is 2.04. The van der Waals surface area contributed by atoms with Gasteiger partial charge in [-0.3, -0.25) is 9.48 Å². The zero-order chi connectivity index (χ0) is 8.27. The molecule has 0 aromatic carbocycles. The molecule has 1 aliphatic rings. The monoisotopic (exact) mass is 155 g/mol. The van der Waals surface area contributed by atoms with Gasteiger partial charge in [-0.05, 0) is 6.92 Å². The molecule has 0 radical (unpaired) electrons. The second-order valence-electron chi connectivity index (χ2n) is 3.12. The third-order valence-corrected chi connectivity index (χ3v) is 2.43. The summed E-state index contributed by atoms with van der Waals surface area (Å²) in [4.78, 5) is 2.48. The molecule has 0 bridgehead atoms. The summed E-state index contributed by atoms with van der Waals surface area (Å²) in [5.74, 6) is 1.51. The second kappa shape index (κ2) is 3.74. The van der Waals surface area contributed by atoms with Crippen molar-refractivity contribution in [1.29, 1.82) is 0 Å². The van der Waals surface area contributed by atoms with E-state index < -0.39 is 0 Å². The minimum absolute atomic E-state index is 1.16. The first kappa shape index (κ1) is 8.57. The van der Waals surface area contributed by atoms with Crippen molar-refractivity contribution in [3.63, 3.8) is 0 Å². The Bertz CT molecular complexity index is 161. The zero-order valence-electron chi connectivity index (χ0n) is 7.93. The van der Waals surface area contributed by atoms with Crippen LogP contribution in [0.4, 0.5) is 0 Å². The van der Waals surface area contributed by atoms with Gasteiger partial charge in [-0.25, -0.2) is 0 Å². The summed E-state index contributed by atoms with van der Waals surface area (Å²) in [6.45, 7) is 8.12. The van der Waals surface area contributed by atoms with Crippen LogP contribution in [0.2, 0.25) is 0 Å². The highest BCUT2D eigenvalue weighted by Crippen LogP contribution is 2.03. The molecular formula is C9H19N2+. The largest absolute Gasteiger partial charge is 0.268 e.